The van der Waals surface area contributed by atoms with Crippen LogP contribution in [0.5, 0.6) is 0 Å². The van der Waals surface area contributed by atoms with E-state index in [1.165, 1.54) is 10.0 Å². The molecule has 1 aliphatic rings. The molecule has 0 saturated carbocycles. The van der Waals surface area contributed by atoms with Crippen molar-refractivity contribution in [2.24, 2.45) is 5.92 Å². The molecule has 21 heavy (non-hydrogen) atoms. The van der Waals surface area contributed by atoms with Gasteiger partial charge in [-0.25, -0.2) is 0 Å². The van der Waals surface area contributed by atoms with Gasteiger partial charge in [-0.3, -0.25) is 0 Å². The van der Waals surface area contributed by atoms with Gasteiger partial charge in [-0.1, -0.05) is 0 Å². The molecule has 0 radical (unpaired) electrons. The molecule has 3 heteroatoms. The summed E-state index contributed by atoms with van der Waals surface area (Å²) in [6.45, 7) is 0.878. The number of benzene rings is 2. The van der Waals surface area contributed by atoms with Gasteiger partial charge in [0.25, 0.3) is 0 Å². The van der Waals surface area contributed by atoms with E-state index in [9.17, 15) is 5.11 Å². The van der Waals surface area contributed by atoms with E-state index in [1.807, 2.05) is 6.07 Å². The second-order valence-electron chi connectivity index (χ2n) is 5.53. The quantitative estimate of drug-likeness (QED) is 0.842. The zero-order chi connectivity index (χ0) is 14.5. The summed E-state index contributed by atoms with van der Waals surface area (Å²) < 4.78 is 7.61. The molecular weight excluding hydrogens is 327 g/mol. The van der Waals surface area contributed by atoms with Crippen molar-refractivity contribution in [2.75, 3.05) is 13.2 Å². The Bertz CT molecular complexity index is 558. The Balaban J connectivity index is 1.80. The molecule has 0 aliphatic carbocycles. The maximum absolute atomic E-state index is 9.46. The average molecular weight is 347 g/mol. The van der Waals surface area contributed by atoms with Crippen LogP contribution in [-0.4, -0.2) is 33.3 Å². The van der Waals surface area contributed by atoms with E-state index in [1.54, 1.807) is 0 Å². The molecule has 1 N–H and O–H groups in total. The molecule has 3 rings (SSSR count). The van der Waals surface area contributed by atoms with Crippen molar-refractivity contribution >= 4 is 19.4 Å². The van der Waals surface area contributed by atoms with Crippen molar-refractivity contribution < 1.29 is 9.84 Å². The standard InChI is InChI=1S/C18H20O2Se/c19-12-15-11-18(20-13-15,16-7-3-1-4-8-16)14-21-17-9-5-2-6-10-17/h1-10,15,19H,11-14H2/t15-,18-/m0/s1. The van der Waals surface area contributed by atoms with Crippen LogP contribution in [0.4, 0.5) is 0 Å². The summed E-state index contributed by atoms with van der Waals surface area (Å²) in [5.74, 6) is 0.261. The zero-order valence-corrected chi connectivity index (χ0v) is 13.7. The summed E-state index contributed by atoms with van der Waals surface area (Å²) in [4.78, 5) is 0. The van der Waals surface area contributed by atoms with E-state index in [0.717, 1.165) is 11.7 Å². The van der Waals surface area contributed by atoms with Gasteiger partial charge in [0.15, 0.2) is 0 Å². The van der Waals surface area contributed by atoms with Gasteiger partial charge in [0.1, 0.15) is 0 Å². The van der Waals surface area contributed by atoms with Crippen molar-refractivity contribution in [3.8, 4) is 0 Å². The van der Waals surface area contributed by atoms with E-state index >= 15 is 0 Å². The topological polar surface area (TPSA) is 29.5 Å². The number of hydrogen-bond donors (Lipinski definition) is 1. The first-order valence-corrected chi connectivity index (χ1v) is 9.37. The number of hydrogen-bond acceptors (Lipinski definition) is 2. The van der Waals surface area contributed by atoms with E-state index in [4.69, 9.17) is 4.74 Å². The van der Waals surface area contributed by atoms with Gasteiger partial charge in [0.05, 0.1) is 0 Å². The first kappa shape index (κ1) is 14.8. The molecular formula is C18H20O2Se. The second kappa shape index (κ2) is 6.76. The van der Waals surface area contributed by atoms with E-state index < -0.39 is 0 Å². The number of aliphatic hydroxyl groups excluding tert-OH is 1. The number of aliphatic hydroxyl groups is 1. The predicted molar refractivity (Wildman–Crippen MR) is 85.9 cm³/mol. The van der Waals surface area contributed by atoms with Crippen molar-refractivity contribution in [2.45, 2.75) is 17.3 Å². The fraction of sp³-hybridized carbons (Fsp3) is 0.333. The zero-order valence-electron chi connectivity index (χ0n) is 11.9. The second-order valence-corrected chi connectivity index (χ2v) is 7.73. The van der Waals surface area contributed by atoms with Crippen LogP contribution < -0.4 is 4.46 Å². The molecule has 2 atom stereocenters. The molecule has 110 valence electrons. The number of rotatable bonds is 5. The molecule has 0 amide bonds. The molecule has 2 aromatic carbocycles. The van der Waals surface area contributed by atoms with Crippen LogP contribution in [0.25, 0.3) is 0 Å². The van der Waals surface area contributed by atoms with Gasteiger partial charge in [0, 0.05) is 0 Å². The van der Waals surface area contributed by atoms with Gasteiger partial charge in [-0.15, -0.1) is 0 Å². The third-order valence-electron chi connectivity index (χ3n) is 3.99. The molecule has 2 aromatic rings. The first-order valence-electron chi connectivity index (χ1n) is 7.31. The Labute approximate surface area is 132 Å². The van der Waals surface area contributed by atoms with E-state index in [0.29, 0.717) is 21.6 Å². The fourth-order valence-corrected chi connectivity index (χ4v) is 5.17. The van der Waals surface area contributed by atoms with Crippen molar-refractivity contribution in [1.29, 1.82) is 0 Å². The Morgan fingerprint density at radius 3 is 2.33 bits per heavy atom. The Morgan fingerprint density at radius 2 is 1.71 bits per heavy atom. The molecule has 1 aliphatic heterocycles. The van der Waals surface area contributed by atoms with Gasteiger partial charge in [-0.2, -0.15) is 0 Å². The van der Waals surface area contributed by atoms with Crippen LogP contribution in [0.15, 0.2) is 60.7 Å². The molecule has 0 spiro atoms. The molecule has 0 unspecified atom stereocenters. The monoisotopic (exact) mass is 348 g/mol. The summed E-state index contributed by atoms with van der Waals surface area (Å²) in [5, 5.41) is 10.5. The van der Waals surface area contributed by atoms with Crippen molar-refractivity contribution in [3.63, 3.8) is 0 Å². The average Bonchev–Trinajstić information content (AvgIpc) is 3.00. The molecule has 0 aromatic heterocycles. The van der Waals surface area contributed by atoms with E-state index in [2.05, 4.69) is 54.6 Å². The van der Waals surface area contributed by atoms with Crippen LogP contribution in [-0.2, 0) is 10.3 Å². The predicted octanol–water partition coefficient (Wildman–Crippen LogP) is 2.36. The van der Waals surface area contributed by atoms with Crippen molar-refractivity contribution in [1.82, 2.24) is 0 Å². The number of ether oxygens (including phenoxy) is 1. The first-order chi connectivity index (χ1) is 10.3. The minimum atomic E-state index is -0.218. The van der Waals surface area contributed by atoms with Crippen LogP contribution >= 0.6 is 0 Å². The van der Waals surface area contributed by atoms with Gasteiger partial charge in [-0.05, 0) is 0 Å². The van der Waals surface area contributed by atoms with Gasteiger partial charge < -0.3 is 0 Å². The summed E-state index contributed by atoms with van der Waals surface area (Å²) in [6.07, 6.45) is 0.919. The van der Waals surface area contributed by atoms with Gasteiger partial charge >= 0.3 is 132 Å². The van der Waals surface area contributed by atoms with Gasteiger partial charge in [0.2, 0.25) is 0 Å². The molecule has 1 heterocycles. The molecule has 2 nitrogen and oxygen atoms in total. The van der Waals surface area contributed by atoms with Crippen LogP contribution in [0, 0.1) is 5.92 Å². The SMILES string of the molecule is OC[C@H]1CO[C@@](C[Se]c2ccccc2)(c2ccccc2)C1. The fourth-order valence-electron chi connectivity index (χ4n) is 2.82. The minimum absolute atomic E-state index is 0.215. The summed E-state index contributed by atoms with van der Waals surface area (Å²) >= 11 is 0.376. The van der Waals surface area contributed by atoms with Crippen molar-refractivity contribution in [3.05, 3.63) is 66.2 Å². The normalized spacial score (nSPS) is 25.1. The van der Waals surface area contributed by atoms with E-state index in [-0.39, 0.29) is 18.1 Å². The maximum atomic E-state index is 9.46. The Kier molecular flexibility index (Phi) is 4.76. The summed E-state index contributed by atoms with van der Waals surface area (Å²) in [5.41, 5.74) is 1.03. The van der Waals surface area contributed by atoms with Crippen LogP contribution in [0.1, 0.15) is 12.0 Å². The Hall–Kier alpha value is -1.12. The third kappa shape index (κ3) is 3.38. The van der Waals surface area contributed by atoms with Crippen LogP contribution in [0.3, 0.4) is 0 Å². The molecule has 0 bridgehead atoms. The van der Waals surface area contributed by atoms with Crippen LogP contribution in [0.2, 0.25) is 5.32 Å². The Morgan fingerprint density at radius 1 is 1.05 bits per heavy atom. The molecule has 1 saturated heterocycles. The molecule has 1 fully saturated rings. The third-order valence-corrected chi connectivity index (χ3v) is 6.54. The summed E-state index contributed by atoms with van der Waals surface area (Å²) in [6, 6.07) is 21.1. The summed E-state index contributed by atoms with van der Waals surface area (Å²) in [7, 11) is 0.